The van der Waals surface area contributed by atoms with Crippen molar-refractivity contribution in [3.8, 4) is 0 Å². The monoisotopic (exact) mass is 160 g/mol. The van der Waals surface area contributed by atoms with E-state index in [1.807, 2.05) is 0 Å². The molecule has 1 heterocycles. The van der Waals surface area contributed by atoms with Gasteiger partial charge in [-0.3, -0.25) is 0 Å². The summed E-state index contributed by atoms with van der Waals surface area (Å²) in [4.78, 5) is 0. The average Bonchev–Trinajstić information content (AvgIpc) is 1.86. The molecule has 0 amide bonds. The van der Waals surface area contributed by atoms with Crippen LogP contribution in [0.25, 0.3) is 0 Å². The predicted octanol–water partition coefficient (Wildman–Crippen LogP) is 1.27. The van der Waals surface area contributed by atoms with Gasteiger partial charge in [-0.05, 0) is 0 Å². The molecule has 1 aromatic heterocycles. The van der Waals surface area contributed by atoms with Crippen molar-refractivity contribution >= 4 is 7.11 Å². The zero-order valence-electron chi connectivity index (χ0n) is 5.89. The molecule has 0 atom stereocenters. The first-order valence-electron chi connectivity index (χ1n) is 3.09. The van der Waals surface area contributed by atoms with E-state index in [-0.39, 0.29) is 4.48 Å². The van der Waals surface area contributed by atoms with E-state index in [1.165, 1.54) is 6.07 Å². The van der Waals surface area contributed by atoms with Crippen LogP contribution in [0, 0.1) is 13.1 Å². The summed E-state index contributed by atoms with van der Waals surface area (Å²) in [5, 5.41) is 0. The lowest BCUT2D eigenvalue weighted by molar-refractivity contribution is -0.580. The van der Waals surface area contributed by atoms with Gasteiger partial charge in [0.05, 0.1) is 6.20 Å². The molecule has 0 fully saturated rings. The summed E-state index contributed by atoms with van der Waals surface area (Å²) in [6, 6.07) is 2.82. The lowest BCUT2D eigenvalue weighted by Gasteiger charge is -2.13. The van der Waals surface area contributed by atoms with Crippen molar-refractivity contribution in [1.29, 1.82) is 0 Å². The Labute approximate surface area is 62.6 Å². The summed E-state index contributed by atoms with van der Waals surface area (Å²) in [5.74, 6) is 0. The van der Waals surface area contributed by atoms with Gasteiger partial charge in [0.1, 0.15) is 0 Å². The van der Waals surface area contributed by atoms with E-state index in [2.05, 4.69) is 6.20 Å². The average molecular weight is 160 g/mol. The van der Waals surface area contributed by atoms with Crippen molar-refractivity contribution in [1.82, 2.24) is 0 Å². The molecule has 1 nitrogen and oxygen atoms in total. The minimum absolute atomic E-state index is 0.162. The Morgan fingerprint density at radius 1 is 1.45 bits per heavy atom. The largest absolute Gasteiger partial charge is 0.788 e. The molecule has 0 saturated carbocycles. The fourth-order valence-electron chi connectivity index (χ4n) is 0.723. The maximum Gasteiger partial charge on any atom is 0.788 e. The van der Waals surface area contributed by atoms with E-state index in [0.717, 1.165) is 6.20 Å². The number of pyridine rings is 1. The maximum absolute atomic E-state index is 12.0. The van der Waals surface area contributed by atoms with Crippen molar-refractivity contribution in [2.75, 3.05) is 0 Å². The predicted molar refractivity (Wildman–Crippen MR) is 34.7 cm³/mol. The maximum atomic E-state index is 12.0. The second-order valence-corrected chi connectivity index (χ2v) is 2.28. The Morgan fingerprint density at radius 3 is 2.45 bits per heavy atom. The molecular weight excluding hydrogens is 154 g/mol. The van der Waals surface area contributed by atoms with Gasteiger partial charge in [0.25, 0.3) is 0 Å². The normalized spacial score (nSPS) is 11.6. The number of halogens is 3. The summed E-state index contributed by atoms with van der Waals surface area (Å²) in [6.45, 7) is 1.60. The Hall–Kier alpha value is -0.995. The second kappa shape index (κ2) is 2.56. The minimum atomic E-state index is -4.96. The summed E-state index contributed by atoms with van der Waals surface area (Å²) in [7, 11) is -4.96. The number of aromatic nitrogens is 1. The van der Waals surface area contributed by atoms with Crippen LogP contribution >= 0.6 is 0 Å². The first kappa shape index (κ1) is 8.10. The van der Waals surface area contributed by atoms with Gasteiger partial charge in [-0.2, -0.15) is 6.07 Å². The number of aryl methyl sites for hydroxylation is 1. The SMILES string of the molecule is Cc1cc[c-][n+]([B-](F)(F)F)c1. The van der Waals surface area contributed by atoms with Gasteiger partial charge >= 0.3 is 7.11 Å². The van der Waals surface area contributed by atoms with Gasteiger partial charge in [0.15, 0.2) is 0 Å². The molecule has 1 rings (SSSR count). The highest BCUT2D eigenvalue weighted by Crippen LogP contribution is 2.02. The van der Waals surface area contributed by atoms with Crippen LogP contribution in [0.1, 0.15) is 5.56 Å². The van der Waals surface area contributed by atoms with Crippen molar-refractivity contribution in [3.63, 3.8) is 0 Å². The van der Waals surface area contributed by atoms with Crippen LogP contribution in [0.2, 0.25) is 0 Å². The van der Waals surface area contributed by atoms with Crippen molar-refractivity contribution in [3.05, 3.63) is 30.1 Å². The van der Waals surface area contributed by atoms with Gasteiger partial charge < -0.3 is 17.4 Å². The lowest BCUT2D eigenvalue weighted by Crippen LogP contribution is -2.55. The summed E-state index contributed by atoms with van der Waals surface area (Å²) < 4.78 is 36.0. The third-order valence-electron chi connectivity index (χ3n) is 1.23. The molecule has 0 aliphatic rings. The molecule has 1 aromatic rings. The van der Waals surface area contributed by atoms with Crippen LogP contribution in [0.5, 0.6) is 0 Å². The summed E-state index contributed by atoms with van der Waals surface area (Å²) in [6.07, 6.45) is 3.08. The molecule has 0 saturated heterocycles. The summed E-state index contributed by atoms with van der Waals surface area (Å²) >= 11 is 0. The van der Waals surface area contributed by atoms with E-state index in [1.54, 1.807) is 13.0 Å². The van der Waals surface area contributed by atoms with Crippen LogP contribution in [0.3, 0.4) is 0 Å². The molecular formula is C6H6BF3N-. The van der Waals surface area contributed by atoms with Crippen LogP contribution in [-0.2, 0) is 0 Å². The van der Waals surface area contributed by atoms with Gasteiger partial charge in [-0.15, -0.1) is 11.6 Å². The van der Waals surface area contributed by atoms with Crippen molar-refractivity contribution in [2.45, 2.75) is 6.92 Å². The Morgan fingerprint density at radius 2 is 2.09 bits per heavy atom. The van der Waals surface area contributed by atoms with E-state index in [0.29, 0.717) is 5.56 Å². The molecule has 0 spiro atoms. The summed E-state index contributed by atoms with van der Waals surface area (Å²) in [5.41, 5.74) is 0.572. The van der Waals surface area contributed by atoms with E-state index < -0.39 is 7.11 Å². The third kappa shape index (κ3) is 1.96. The van der Waals surface area contributed by atoms with Crippen molar-refractivity contribution < 1.29 is 17.4 Å². The quantitative estimate of drug-likeness (QED) is 0.430. The van der Waals surface area contributed by atoms with Gasteiger partial charge in [-0.25, -0.2) is 0 Å². The van der Waals surface area contributed by atoms with Crippen LogP contribution in [0.4, 0.5) is 12.9 Å². The van der Waals surface area contributed by atoms with E-state index in [9.17, 15) is 12.9 Å². The lowest BCUT2D eigenvalue weighted by atomic mass is 10.1. The van der Waals surface area contributed by atoms with Gasteiger partial charge in [0, 0.05) is 6.20 Å². The zero-order valence-corrected chi connectivity index (χ0v) is 5.89. The Bertz CT molecular complexity index is 258. The molecule has 60 valence electrons. The smallest absolute Gasteiger partial charge is 0.442 e. The number of hydrogen-bond acceptors (Lipinski definition) is 0. The first-order valence-corrected chi connectivity index (χ1v) is 3.09. The second-order valence-electron chi connectivity index (χ2n) is 2.28. The number of rotatable bonds is 1. The molecule has 0 aromatic carbocycles. The molecule has 0 aliphatic carbocycles. The van der Waals surface area contributed by atoms with Crippen LogP contribution in [0.15, 0.2) is 18.3 Å². The third-order valence-corrected chi connectivity index (χ3v) is 1.23. The molecule has 0 unspecified atom stereocenters. The molecule has 0 N–H and O–H groups in total. The molecule has 0 radical (unpaired) electrons. The highest BCUT2D eigenvalue weighted by atomic mass is 19.4. The Balaban J connectivity index is 3.06. The molecule has 0 aliphatic heterocycles. The zero-order chi connectivity index (χ0) is 8.48. The minimum Gasteiger partial charge on any atom is -0.442 e. The van der Waals surface area contributed by atoms with E-state index in [4.69, 9.17) is 0 Å². The topological polar surface area (TPSA) is 3.88 Å². The number of nitrogens with zero attached hydrogens (tertiary/aromatic N) is 1. The standard InChI is InChI=1S/C6H6BF3N/c1-6-3-2-4-11(5-6)7(8,9)10/h2-3,5H,1H3/q-1. The number of hydrogen-bond donors (Lipinski definition) is 0. The van der Waals surface area contributed by atoms with Crippen molar-refractivity contribution in [2.24, 2.45) is 0 Å². The van der Waals surface area contributed by atoms with E-state index >= 15 is 0 Å². The van der Waals surface area contributed by atoms with Gasteiger partial charge in [-0.1, -0.05) is 6.92 Å². The van der Waals surface area contributed by atoms with Crippen LogP contribution in [-0.4, -0.2) is 7.11 Å². The molecule has 5 heteroatoms. The Kier molecular flexibility index (Phi) is 1.89. The highest BCUT2D eigenvalue weighted by Gasteiger charge is 2.36. The first-order chi connectivity index (χ1) is 5.00. The molecule has 11 heavy (non-hydrogen) atoms. The highest BCUT2D eigenvalue weighted by molar-refractivity contribution is 6.48. The van der Waals surface area contributed by atoms with Crippen LogP contribution < -0.4 is 4.48 Å². The van der Waals surface area contributed by atoms with Gasteiger partial charge in [0.2, 0.25) is 0 Å². The molecule has 0 bridgehead atoms. The fraction of sp³-hybridized carbons (Fsp3) is 0.167. The fourth-order valence-corrected chi connectivity index (χ4v) is 0.723.